The SMILES string of the molecule is CC(C)c1cccc(-c2c3ccccc3c(-c3cc(-c4ccc(-c5ccc(-c6ccc7ccccc7c6)cc5)cc4)ccc3-c3ccccc3)c3ccccc23)c1. The Morgan fingerprint density at radius 3 is 1.32 bits per heavy atom. The predicted molar refractivity (Wildman–Crippen MR) is 246 cm³/mol. The van der Waals surface area contributed by atoms with Crippen molar-refractivity contribution in [3.05, 3.63) is 218 Å². The highest BCUT2D eigenvalue weighted by molar-refractivity contribution is 6.22. The van der Waals surface area contributed by atoms with Crippen LogP contribution in [0.25, 0.3) is 99.1 Å². The summed E-state index contributed by atoms with van der Waals surface area (Å²) in [6.07, 6.45) is 0. The number of fused-ring (bicyclic) bond motifs is 3. The Morgan fingerprint density at radius 1 is 0.263 bits per heavy atom. The van der Waals surface area contributed by atoms with Gasteiger partial charge in [0.15, 0.2) is 0 Å². The number of hydrogen-bond donors (Lipinski definition) is 0. The van der Waals surface area contributed by atoms with Crippen molar-refractivity contribution >= 4 is 32.3 Å². The van der Waals surface area contributed by atoms with Gasteiger partial charge in [-0.2, -0.15) is 0 Å². The summed E-state index contributed by atoms with van der Waals surface area (Å²) in [5, 5.41) is 7.60. The van der Waals surface area contributed by atoms with E-state index in [1.165, 1.54) is 105 Å². The van der Waals surface area contributed by atoms with Gasteiger partial charge in [0.1, 0.15) is 0 Å². The molecule has 0 heterocycles. The van der Waals surface area contributed by atoms with E-state index < -0.39 is 0 Å². The molecule has 0 radical (unpaired) electrons. The number of benzene rings is 10. The summed E-state index contributed by atoms with van der Waals surface area (Å²) < 4.78 is 0. The van der Waals surface area contributed by atoms with Crippen molar-refractivity contribution in [1.82, 2.24) is 0 Å². The maximum absolute atomic E-state index is 2.42. The standard InChI is InChI=1S/C57H42/c1-38(2)45-17-12-18-49(35-45)56-51-19-8-10-21-53(51)57(54-22-11-9-20-52(54)56)55-37-48(33-34-50(55)44-14-4-3-5-15-44)43-29-25-41(26-30-43)40-23-27-42(28-24-40)47-32-31-39-13-6-7-16-46(39)36-47/h3-38H,1-2H3. The molecule has 57 heavy (non-hydrogen) atoms. The topological polar surface area (TPSA) is 0 Å². The lowest BCUT2D eigenvalue weighted by Gasteiger charge is -2.21. The van der Waals surface area contributed by atoms with Gasteiger partial charge in [-0.25, -0.2) is 0 Å². The Kier molecular flexibility index (Phi) is 8.81. The highest BCUT2D eigenvalue weighted by Gasteiger charge is 2.20. The van der Waals surface area contributed by atoms with Crippen molar-refractivity contribution in [3.63, 3.8) is 0 Å². The molecule has 10 aromatic carbocycles. The van der Waals surface area contributed by atoms with Crippen molar-refractivity contribution in [1.29, 1.82) is 0 Å². The highest BCUT2D eigenvalue weighted by atomic mass is 14.2. The molecule has 0 saturated heterocycles. The summed E-state index contributed by atoms with van der Waals surface area (Å²) in [7, 11) is 0. The van der Waals surface area contributed by atoms with Gasteiger partial charge in [0.05, 0.1) is 0 Å². The largest absolute Gasteiger partial charge is 0.0622 e. The minimum absolute atomic E-state index is 0.452. The fourth-order valence-electron chi connectivity index (χ4n) is 8.66. The summed E-state index contributed by atoms with van der Waals surface area (Å²) in [5.74, 6) is 0.452. The van der Waals surface area contributed by atoms with Crippen LogP contribution in [0, 0.1) is 0 Å². The lowest BCUT2D eigenvalue weighted by molar-refractivity contribution is 0.867. The van der Waals surface area contributed by atoms with E-state index in [4.69, 9.17) is 0 Å². The Hall–Kier alpha value is -7.02. The summed E-state index contributed by atoms with van der Waals surface area (Å²) >= 11 is 0. The molecule has 0 amide bonds. The van der Waals surface area contributed by atoms with Crippen LogP contribution in [0.1, 0.15) is 25.3 Å². The minimum Gasteiger partial charge on any atom is -0.0622 e. The van der Waals surface area contributed by atoms with Gasteiger partial charge in [-0.15, -0.1) is 0 Å². The minimum atomic E-state index is 0.452. The van der Waals surface area contributed by atoms with Crippen molar-refractivity contribution in [2.75, 3.05) is 0 Å². The van der Waals surface area contributed by atoms with Crippen molar-refractivity contribution in [2.24, 2.45) is 0 Å². The average molecular weight is 727 g/mol. The van der Waals surface area contributed by atoms with E-state index in [9.17, 15) is 0 Å². The Labute approximate surface area is 335 Å². The van der Waals surface area contributed by atoms with Crippen LogP contribution in [0.4, 0.5) is 0 Å². The zero-order chi connectivity index (χ0) is 38.3. The Bertz CT molecular complexity index is 3000. The first kappa shape index (κ1) is 34.5. The number of rotatable bonds is 7. The highest BCUT2D eigenvalue weighted by Crippen LogP contribution is 2.47. The third kappa shape index (κ3) is 6.40. The quantitative estimate of drug-likeness (QED) is 0.143. The normalized spacial score (nSPS) is 11.5. The summed E-state index contributed by atoms with van der Waals surface area (Å²) in [4.78, 5) is 0. The third-order valence-corrected chi connectivity index (χ3v) is 11.7. The molecular formula is C57H42. The molecule has 0 fully saturated rings. The molecule has 0 aliphatic carbocycles. The molecule has 0 aliphatic heterocycles. The van der Waals surface area contributed by atoms with Gasteiger partial charge in [0, 0.05) is 0 Å². The van der Waals surface area contributed by atoms with Gasteiger partial charge in [0.25, 0.3) is 0 Å². The molecule has 0 aromatic heterocycles. The van der Waals surface area contributed by atoms with E-state index in [-0.39, 0.29) is 0 Å². The van der Waals surface area contributed by atoms with Crippen LogP contribution in [0.15, 0.2) is 212 Å². The monoisotopic (exact) mass is 726 g/mol. The zero-order valence-corrected chi connectivity index (χ0v) is 32.3. The van der Waals surface area contributed by atoms with E-state index in [1.54, 1.807) is 0 Å². The lowest BCUT2D eigenvalue weighted by Crippen LogP contribution is -1.94. The fourth-order valence-corrected chi connectivity index (χ4v) is 8.66. The molecule has 0 nitrogen and oxygen atoms in total. The van der Waals surface area contributed by atoms with E-state index in [0.29, 0.717) is 5.92 Å². The van der Waals surface area contributed by atoms with E-state index in [2.05, 4.69) is 226 Å². The molecule has 0 atom stereocenters. The van der Waals surface area contributed by atoms with Gasteiger partial charge < -0.3 is 0 Å². The average Bonchev–Trinajstić information content (AvgIpc) is 3.28. The fraction of sp³-hybridized carbons (Fsp3) is 0.0526. The van der Waals surface area contributed by atoms with Gasteiger partial charge in [-0.05, 0) is 123 Å². The van der Waals surface area contributed by atoms with Crippen LogP contribution < -0.4 is 0 Å². The molecule has 0 saturated carbocycles. The molecule has 0 heteroatoms. The van der Waals surface area contributed by atoms with Crippen molar-refractivity contribution in [3.8, 4) is 66.8 Å². The van der Waals surface area contributed by atoms with Crippen LogP contribution in [0.2, 0.25) is 0 Å². The van der Waals surface area contributed by atoms with Crippen LogP contribution in [0.3, 0.4) is 0 Å². The number of hydrogen-bond acceptors (Lipinski definition) is 0. The van der Waals surface area contributed by atoms with Crippen molar-refractivity contribution < 1.29 is 0 Å². The Balaban J connectivity index is 1.09. The third-order valence-electron chi connectivity index (χ3n) is 11.7. The predicted octanol–water partition coefficient (Wildman–Crippen LogP) is 16.3. The maximum Gasteiger partial charge on any atom is -0.00199 e. The van der Waals surface area contributed by atoms with E-state index >= 15 is 0 Å². The maximum atomic E-state index is 2.42. The molecule has 0 unspecified atom stereocenters. The van der Waals surface area contributed by atoms with Gasteiger partial charge in [-0.1, -0.05) is 214 Å². The zero-order valence-electron chi connectivity index (χ0n) is 32.3. The first-order valence-electron chi connectivity index (χ1n) is 20.0. The second-order valence-corrected chi connectivity index (χ2v) is 15.5. The summed E-state index contributed by atoms with van der Waals surface area (Å²) in [5.41, 5.74) is 16.1. The van der Waals surface area contributed by atoms with E-state index in [0.717, 1.165) is 0 Å². The lowest BCUT2D eigenvalue weighted by atomic mass is 9.82. The smallest absolute Gasteiger partial charge is 0.00199 e. The Morgan fingerprint density at radius 2 is 0.719 bits per heavy atom. The van der Waals surface area contributed by atoms with Crippen LogP contribution in [-0.4, -0.2) is 0 Å². The molecule has 10 aromatic rings. The molecular weight excluding hydrogens is 685 g/mol. The molecule has 270 valence electrons. The second kappa shape index (κ2) is 14.6. The first-order valence-corrected chi connectivity index (χ1v) is 20.0. The van der Waals surface area contributed by atoms with Crippen LogP contribution in [-0.2, 0) is 0 Å². The van der Waals surface area contributed by atoms with Gasteiger partial charge >= 0.3 is 0 Å². The molecule has 0 aliphatic rings. The first-order chi connectivity index (χ1) is 28.1. The van der Waals surface area contributed by atoms with E-state index in [1.807, 2.05) is 0 Å². The molecule has 0 N–H and O–H groups in total. The second-order valence-electron chi connectivity index (χ2n) is 15.5. The summed E-state index contributed by atoms with van der Waals surface area (Å²) in [6, 6.07) is 78.3. The van der Waals surface area contributed by atoms with Crippen LogP contribution in [0.5, 0.6) is 0 Å². The molecule has 0 bridgehead atoms. The molecule has 10 rings (SSSR count). The van der Waals surface area contributed by atoms with Gasteiger partial charge in [0.2, 0.25) is 0 Å². The van der Waals surface area contributed by atoms with Crippen LogP contribution >= 0.6 is 0 Å². The van der Waals surface area contributed by atoms with Crippen molar-refractivity contribution in [2.45, 2.75) is 19.8 Å². The van der Waals surface area contributed by atoms with Gasteiger partial charge in [-0.3, -0.25) is 0 Å². The summed E-state index contributed by atoms with van der Waals surface area (Å²) in [6.45, 7) is 4.54. The molecule has 0 spiro atoms.